The van der Waals surface area contributed by atoms with E-state index in [0.29, 0.717) is 5.03 Å². The number of thioether (sulfide) groups is 1. The van der Waals surface area contributed by atoms with Gasteiger partial charge in [-0.25, -0.2) is 0 Å². The molecule has 0 radical (unpaired) electrons. The quantitative estimate of drug-likeness (QED) is 0.457. The van der Waals surface area contributed by atoms with Crippen LogP contribution in [0.2, 0.25) is 0 Å². The van der Waals surface area contributed by atoms with Crippen molar-refractivity contribution in [3.63, 3.8) is 0 Å². The topological polar surface area (TPSA) is 56.0 Å². The Balaban J connectivity index is 1.64. The average Bonchev–Trinajstić information content (AvgIpc) is 2.54. The van der Waals surface area contributed by atoms with Gasteiger partial charge >= 0.3 is 0 Å². The summed E-state index contributed by atoms with van der Waals surface area (Å²) in [4.78, 5) is 12.0. The van der Waals surface area contributed by atoms with E-state index < -0.39 is 0 Å². The average molecular weight is 310 g/mol. The number of benzene rings is 2. The van der Waals surface area contributed by atoms with Crippen LogP contribution in [-0.2, 0) is 4.79 Å². The summed E-state index contributed by atoms with van der Waals surface area (Å²) in [6.45, 7) is 0. The van der Waals surface area contributed by atoms with E-state index in [1.807, 2.05) is 42.5 Å². The van der Waals surface area contributed by atoms with Gasteiger partial charge in [0.15, 0.2) is 6.20 Å². The summed E-state index contributed by atoms with van der Waals surface area (Å²) in [6.07, 6.45) is 1.42. The Morgan fingerprint density at radius 2 is 1.82 bits per heavy atom. The fourth-order valence-electron chi connectivity index (χ4n) is 2.13. The molecule has 0 fully saturated rings. The van der Waals surface area contributed by atoms with Gasteiger partial charge in [-0.3, -0.25) is 4.79 Å². The van der Waals surface area contributed by atoms with Gasteiger partial charge in [0.05, 0.1) is 5.75 Å². The van der Waals surface area contributed by atoms with E-state index in [1.165, 1.54) is 18.0 Å². The van der Waals surface area contributed by atoms with Crippen molar-refractivity contribution in [3.8, 4) is 0 Å². The van der Waals surface area contributed by atoms with E-state index in [-0.39, 0.29) is 11.7 Å². The summed E-state index contributed by atoms with van der Waals surface area (Å²) in [6, 6.07) is 18.9. The maximum absolute atomic E-state index is 12.0. The first-order valence-corrected chi connectivity index (χ1v) is 7.80. The lowest BCUT2D eigenvalue weighted by molar-refractivity contribution is -0.645. The molecule has 0 saturated heterocycles. The third-order valence-electron chi connectivity index (χ3n) is 3.17. The first-order valence-electron chi connectivity index (χ1n) is 6.82. The highest BCUT2D eigenvalue weighted by atomic mass is 32.2. The van der Waals surface area contributed by atoms with Gasteiger partial charge in [0, 0.05) is 17.8 Å². The number of hydrogen-bond acceptors (Lipinski definition) is 3. The highest BCUT2D eigenvalue weighted by Crippen LogP contribution is 2.19. The molecule has 22 heavy (non-hydrogen) atoms. The number of nitrogens with one attached hydrogen (secondary N) is 1. The summed E-state index contributed by atoms with van der Waals surface area (Å²) >= 11 is 1.22. The number of pyridine rings is 1. The lowest BCUT2D eigenvalue weighted by Crippen LogP contribution is -2.28. The lowest BCUT2D eigenvalue weighted by Gasteiger charge is -2.06. The fourth-order valence-corrected chi connectivity index (χ4v) is 2.84. The molecule has 1 amide bonds. The molecule has 1 heterocycles. The number of aromatic nitrogens is 1. The van der Waals surface area contributed by atoms with Crippen LogP contribution in [0, 0.1) is 5.21 Å². The smallest absolute Gasteiger partial charge is 0.251 e. The zero-order chi connectivity index (χ0) is 15.4. The molecule has 110 valence electrons. The second-order valence-corrected chi connectivity index (χ2v) is 5.76. The number of carbonyl (C=O) groups is 1. The lowest BCUT2D eigenvalue weighted by atomic mass is 10.1. The third kappa shape index (κ3) is 3.38. The third-order valence-corrected chi connectivity index (χ3v) is 4.19. The molecule has 0 unspecified atom stereocenters. The molecule has 2 aromatic carbocycles. The van der Waals surface area contributed by atoms with E-state index in [4.69, 9.17) is 0 Å². The molecule has 0 bridgehead atoms. The SMILES string of the molecule is O=C(CSc1cccc[n+]1[O-])Nc1ccc2ccccc2c1. The largest absolute Gasteiger partial charge is 0.618 e. The van der Waals surface area contributed by atoms with Gasteiger partial charge < -0.3 is 10.5 Å². The zero-order valence-electron chi connectivity index (χ0n) is 11.7. The van der Waals surface area contributed by atoms with Crippen LogP contribution in [-0.4, -0.2) is 11.7 Å². The van der Waals surface area contributed by atoms with Crippen molar-refractivity contribution in [2.45, 2.75) is 5.03 Å². The number of rotatable bonds is 4. The van der Waals surface area contributed by atoms with Gasteiger partial charge in [-0.2, -0.15) is 4.73 Å². The maximum Gasteiger partial charge on any atom is 0.251 e. The Labute approximate surface area is 132 Å². The Bertz CT molecular complexity index is 820. The predicted molar refractivity (Wildman–Crippen MR) is 88.7 cm³/mol. The molecule has 5 heteroatoms. The molecule has 1 N–H and O–H groups in total. The first-order chi connectivity index (χ1) is 10.7. The molecular weight excluding hydrogens is 296 g/mol. The highest BCUT2D eigenvalue weighted by molar-refractivity contribution is 7.99. The van der Waals surface area contributed by atoms with Crippen LogP contribution in [0.3, 0.4) is 0 Å². The molecule has 0 spiro atoms. The van der Waals surface area contributed by atoms with Crippen molar-refractivity contribution in [2.24, 2.45) is 0 Å². The van der Waals surface area contributed by atoms with Crippen molar-refractivity contribution in [3.05, 3.63) is 72.1 Å². The standard InChI is InChI=1S/C17H14N2O2S/c20-16(12-22-17-7-3-4-10-19(17)21)18-15-9-8-13-5-1-2-6-14(13)11-15/h1-11H,12H2,(H,18,20). The number of amides is 1. The van der Waals surface area contributed by atoms with Crippen molar-refractivity contribution >= 4 is 34.1 Å². The zero-order valence-corrected chi connectivity index (χ0v) is 12.5. The Hall–Kier alpha value is -2.53. The number of fused-ring (bicyclic) bond motifs is 1. The van der Waals surface area contributed by atoms with Gasteiger partial charge in [-0.05, 0) is 40.7 Å². The molecule has 0 aliphatic heterocycles. The van der Waals surface area contributed by atoms with Gasteiger partial charge in [0.25, 0.3) is 5.03 Å². The first kappa shape index (κ1) is 14.4. The van der Waals surface area contributed by atoms with E-state index >= 15 is 0 Å². The van der Waals surface area contributed by atoms with Gasteiger partial charge in [-0.15, -0.1) is 0 Å². The van der Waals surface area contributed by atoms with Crippen molar-refractivity contribution in [2.75, 3.05) is 11.1 Å². The van der Waals surface area contributed by atoms with Crippen LogP contribution in [0.5, 0.6) is 0 Å². The summed E-state index contributed by atoms with van der Waals surface area (Å²) in [7, 11) is 0. The number of nitrogens with zero attached hydrogens (tertiary/aromatic N) is 1. The van der Waals surface area contributed by atoms with E-state index in [1.54, 1.807) is 18.2 Å². The van der Waals surface area contributed by atoms with Gasteiger partial charge in [0.1, 0.15) is 0 Å². The van der Waals surface area contributed by atoms with Crippen LogP contribution < -0.4 is 10.0 Å². The van der Waals surface area contributed by atoms with Gasteiger partial charge in [0.2, 0.25) is 5.91 Å². The van der Waals surface area contributed by atoms with E-state index in [9.17, 15) is 10.0 Å². The van der Waals surface area contributed by atoms with Gasteiger partial charge in [-0.1, -0.05) is 30.3 Å². The van der Waals surface area contributed by atoms with E-state index in [2.05, 4.69) is 5.32 Å². The number of anilines is 1. The minimum absolute atomic E-state index is 0.135. The minimum atomic E-state index is -0.135. The Kier molecular flexibility index (Phi) is 4.25. The van der Waals surface area contributed by atoms with Crippen molar-refractivity contribution in [1.29, 1.82) is 0 Å². The predicted octanol–water partition coefficient (Wildman–Crippen LogP) is 3.20. The molecule has 4 nitrogen and oxygen atoms in total. The summed E-state index contributed by atoms with van der Waals surface area (Å²) < 4.78 is 0.758. The van der Waals surface area contributed by atoms with Crippen LogP contribution in [0.1, 0.15) is 0 Å². The molecule has 0 atom stereocenters. The Morgan fingerprint density at radius 3 is 2.64 bits per heavy atom. The molecule has 0 saturated carbocycles. The normalized spacial score (nSPS) is 10.5. The number of carbonyl (C=O) groups excluding carboxylic acids is 1. The number of hydrogen-bond donors (Lipinski definition) is 1. The highest BCUT2D eigenvalue weighted by Gasteiger charge is 2.09. The second-order valence-electron chi connectivity index (χ2n) is 4.76. The molecule has 1 aromatic heterocycles. The minimum Gasteiger partial charge on any atom is -0.618 e. The monoisotopic (exact) mass is 310 g/mol. The maximum atomic E-state index is 12.0. The van der Waals surface area contributed by atoms with Crippen molar-refractivity contribution in [1.82, 2.24) is 0 Å². The summed E-state index contributed by atoms with van der Waals surface area (Å²) in [5, 5.41) is 17.1. The fraction of sp³-hybridized carbons (Fsp3) is 0.0588. The summed E-state index contributed by atoms with van der Waals surface area (Å²) in [5.41, 5.74) is 0.757. The van der Waals surface area contributed by atoms with E-state index in [0.717, 1.165) is 21.2 Å². The molecule has 0 aliphatic rings. The molecule has 3 rings (SSSR count). The molecule has 0 aliphatic carbocycles. The molecule has 3 aromatic rings. The van der Waals surface area contributed by atoms with Crippen LogP contribution in [0.25, 0.3) is 10.8 Å². The summed E-state index contributed by atoms with van der Waals surface area (Å²) in [5.74, 6) is 0.0585. The second kappa shape index (κ2) is 6.49. The Morgan fingerprint density at radius 1 is 1.05 bits per heavy atom. The van der Waals surface area contributed by atoms with Crippen LogP contribution in [0.4, 0.5) is 5.69 Å². The van der Waals surface area contributed by atoms with Crippen LogP contribution >= 0.6 is 11.8 Å². The van der Waals surface area contributed by atoms with Crippen molar-refractivity contribution < 1.29 is 9.52 Å². The van der Waals surface area contributed by atoms with Crippen LogP contribution in [0.15, 0.2) is 71.9 Å². The molecular formula is C17H14N2O2S.